The zero-order chi connectivity index (χ0) is 19.5. The highest BCUT2D eigenvalue weighted by molar-refractivity contribution is 9.09. The molecule has 1 unspecified atom stereocenters. The molecule has 0 radical (unpaired) electrons. The molecular formula is C9H16Br2N5O4P. The Bertz CT molecular complexity index is 671. The van der Waals surface area contributed by atoms with Crippen LogP contribution in [0.25, 0.3) is 0 Å². The van der Waals surface area contributed by atoms with Crippen molar-refractivity contribution in [2.75, 3.05) is 23.7 Å². The number of halogens is 2. The van der Waals surface area contributed by atoms with E-state index in [1.807, 2.05) is 0 Å². The van der Waals surface area contributed by atoms with Crippen LogP contribution in [0.4, 0.5) is 5.95 Å². The van der Waals surface area contributed by atoms with Gasteiger partial charge in [-0.05, 0) is 4.92 Å². The minimum atomic E-state index is -4.04. The van der Waals surface area contributed by atoms with Gasteiger partial charge >= 0.3 is 13.6 Å². The second kappa shape index (κ2) is 8.96. The van der Waals surface area contributed by atoms with Crippen LogP contribution in [0.15, 0.2) is 6.20 Å². The second-order valence-corrected chi connectivity index (χ2v) is 6.60. The van der Waals surface area contributed by atoms with Gasteiger partial charge in [0.05, 0.1) is 7.05 Å². The van der Waals surface area contributed by atoms with Gasteiger partial charge in [0.25, 0.3) is 0 Å². The van der Waals surface area contributed by atoms with Gasteiger partial charge in [-0.2, -0.15) is 0 Å². The molecular weight excluding hydrogens is 433 g/mol. The molecule has 12 heteroatoms. The Kier molecular flexibility index (Phi) is 5.61. The molecule has 0 aliphatic rings. The third kappa shape index (κ3) is 5.76. The van der Waals surface area contributed by atoms with Crippen LogP contribution in [0.3, 0.4) is 0 Å². The minimum absolute atomic E-state index is 0.201. The van der Waals surface area contributed by atoms with Gasteiger partial charge in [-0.3, -0.25) is 9.09 Å². The summed E-state index contributed by atoms with van der Waals surface area (Å²) in [6.07, 6.45) is 1.17. The summed E-state index contributed by atoms with van der Waals surface area (Å²) in [5.41, 5.74) is 0.233. The van der Waals surface area contributed by atoms with Crippen molar-refractivity contribution in [2.45, 2.75) is 6.61 Å². The minimum Gasteiger partial charge on any atom is -0.390 e. The predicted octanol–water partition coefficient (Wildman–Crippen LogP) is 1.92. The number of hydrogen-bond acceptors (Lipinski definition) is 5. The molecule has 0 amide bonds. The summed E-state index contributed by atoms with van der Waals surface area (Å²) >= 11 is 5.66. The molecule has 1 rings (SSSR count). The van der Waals surface area contributed by atoms with Gasteiger partial charge in [0.15, 0.2) is 0 Å². The summed E-state index contributed by atoms with van der Waals surface area (Å²) in [6, 6.07) is 0. The Balaban J connectivity index is 2.93. The molecule has 1 aromatic rings. The Morgan fingerprint density at radius 3 is 2.86 bits per heavy atom. The highest BCUT2D eigenvalue weighted by Crippen LogP contribution is 2.38. The molecule has 0 bridgehead atoms. The summed E-state index contributed by atoms with van der Waals surface area (Å²) in [4.78, 5) is 13.7. The first-order valence-corrected chi connectivity index (χ1v) is 9.01. The van der Waals surface area contributed by atoms with Crippen LogP contribution in [0.5, 0.6) is 0 Å². The smallest absolute Gasteiger partial charge is 0.390 e. The van der Waals surface area contributed by atoms with E-state index in [4.69, 9.17) is 10.0 Å². The quantitative estimate of drug-likeness (QED) is 0.241. The fraction of sp³-hybridized carbons (Fsp3) is 0.667. The Hall–Kier alpha value is -0.320. The Morgan fingerprint density at radius 2 is 2.33 bits per heavy atom. The van der Waals surface area contributed by atoms with Gasteiger partial charge in [0.2, 0.25) is 0 Å². The van der Waals surface area contributed by atoms with Crippen molar-refractivity contribution < 1.29 is 19.5 Å². The van der Waals surface area contributed by atoms with Crippen molar-refractivity contribution in [2.24, 2.45) is 7.05 Å². The van der Waals surface area contributed by atoms with E-state index in [0.717, 1.165) is 4.57 Å². The number of nitrogens with one attached hydrogen (secondary N) is 2. The molecule has 0 saturated heterocycles. The van der Waals surface area contributed by atoms with E-state index >= 15 is 0 Å². The van der Waals surface area contributed by atoms with Crippen molar-refractivity contribution in [1.29, 1.82) is 0 Å². The van der Waals surface area contributed by atoms with Crippen molar-refractivity contribution in [1.82, 2.24) is 19.7 Å². The maximum absolute atomic E-state index is 12.8. The normalized spacial score (nSPS) is 18.2. The van der Waals surface area contributed by atoms with Crippen LogP contribution in [0.2, 0.25) is 0 Å². The molecule has 1 heterocycles. The maximum atomic E-state index is 12.8. The molecule has 9 nitrogen and oxygen atoms in total. The number of nitro groups is 1. The average Bonchev–Trinajstić information content (AvgIpc) is 2.83. The monoisotopic (exact) mass is 451 g/mol. The summed E-state index contributed by atoms with van der Waals surface area (Å²) in [5.74, 6) is -0.429. The summed E-state index contributed by atoms with van der Waals surface area (Å²) < 4.78 is 49.3. The van der Waals surface area contributed by atoms with Crippen molar-refractivity contribution in [3.05, 3.63) is 22.0 Å². The third-order valence-electron chi connectivity index (χ3n) is 2.26. The first-order valence-electron chi connectivity index (χ1n) is 7.48. The number of hydrogen-bond donors (Lipinski definition) is 2. The highest BCUT2D eigenvalue weighted by Gasteiger charge is 2.24. The fourth-order valence-electron chi connectivity index (χ4n) is 1.28. The Morgan fingerprint density at radius 1 is 1.62 bits per heavy atom. The summed E-state index contributed by atoms with van der Waals surface area (Å²) in [7, 11) is -2.66. The summed E-state index contributed by atoms with van der Waals surface area (Å²) in [5, 5.41) is 13.2. The van der Waals surface area contributed by atoms with E-state index in [1.165, 1.54) is 13.2 Å². The van der Waals surface area contributed by atoms with Gasteiger partial charge in [-0.15, -0.1) is 0 Å². The molecule has 1 atom stereocenters. The van der Waals surface area contributed by atoms with Gasteiger partial charge in [-0.25, -0.2) is 14.7 Å². The fourth-order valence-corrected chi connectivity index (χ4v) is 3.12. The third-order valence-corrected chi connectivity index (χ3v) is 4.34. The maximum Gasteiger partial charge on any atom is 0.434 e. The summed E-state index contributed by atoms with van der Waals surface area (Å²) in [6.45, 7) is -2.93. The lowest BCUT2D eigenvalue weighted by Crippen LogP contribution is -2.27. The first kappa shape index (κ1) is 13.1. The molecule has 21 heavy (non-hydrogen) atoms. The van der Waals surface area contributed by atoms with Gasteiger partial charge < -0.3 is 10.1 Å². The van der Waals surface area contributed by atoms with Crippen LogP contribution < -0.4 is 10.2 Å². The molecule has 0 aliphatic carbocycles. The molecule has 0 spiro atoms. The molecule has 2 N–H and O–H groups in total. The van der Waals surface area contributed by atoms with Crippen LogP contribution in [0, 0.1) is 10.1 Å². The lowest BCUT2D eigenvalue weighted by Gasteiger charge is -2.19. The van der Waals surface area contributed by atoms with Crippen LogP contribution in [-0.2, 0) is 22.7 Å². The zero-order valence-corrected chi connectivity index (χ0v) is 14.9. The largest absolute Gasteiger partial charge is 0.434 e. The molecule has 0 fully saturated rings. The van der Waals surface area contributed by atoms with Crippen LogP contribution >= 0.6 is 39.5 Å². The van der Waals surface area contributed by atoms with Crippen molar-refractivity contribution >= 4 is 45.5 Å². The molecule has 1 aromatic heterocycles. The number of imidazole rings is 1. The number of nitrogens with zero attached hydrogens (tertiary/aromatic N) is 3. The second-order valence-electron chi connectivity index (χ2n) is 3.58. The number of aromatic nitrogens is 2. The van der Waals surface area contributed by atoms with E-state index < -0.39 is 36.9 Å². The topological polar surface area (TPSA) is 111 Å². The van der Waals surface area contributed by atoms with E-state index in [9.17, 15) is 14.7 Å². The van der Waals surface area contributed by atoms with E-state index in [-0.39, 0.29) is 17.6 Å². The number of rotatable bonds is 10. The van der Waals surface area contributed by atoms with E-state index in [1.54, 1.807) is 0 Å². The van der Waals surface area contributed by atoms with E-state index in [2.05, 4.69) is 47.0 Å². The molecule has 0 saturated carbocycles. The predicted molar refractivity (Wildman–Crippen MR) is 85.9 cm³/mol. The first-order chi connectivity index (χ1) is 11.3. The van der Waals surface area contributed by atoms with Gasteiger partial charge in [0.1, 0.15) is 18.5 Å². The van der Waals surface area contributed by atoms with E-state index in [0.29, 0.717) is 0 Å². The highest BCUT2D eigenvalue weighted by atomic mass is 79.9. The van der Waals surface area contributed by atoms with Crippen LogP contribution in [0.1, 0.15) is 11.2 Å². The lowest BCUT2D eigenvalue weighted by atomic mass is 10.5. The zero-order valence-electron chi connectivity index (χ0n) is 14.9. The Labute approximate surface area is 144 Å². The SMILES string of the molecule is [2H]C([2H])(Br)CNP(=O)(NC([2H])([2H])CBr)OCc1cnc([N+](=O)[O-])n1C. The average molecular weight is 453 g/mol. The van der Waals surface area contributed by atoms with Gasteiger partial charge in [0, 0.05) is 29.1 Å². The van der Waals surface area contributed by atoms with Crippen molar-refractivity contribution in [3.8, 4) is 0 Å². The standard InChI is InChI=1S/C9H16Br2N5O4P/c1-15-8(6-12-9(15)16(17)18)7-20-21(19,13-4-2-10)14-5-3-11/h6H,2-5,7H2,1H3,(H2,13,14,19)/i2D2,5D2. The molecule has 120 valence electrons. The van der Waals surface area contributed by atoms with Crippen molar-refractivity contribution in [3.63, 3.8) is 0 Å². The number of alkyl halides is 2. The van der Waals surface area contributed by atoms with Crippen LogP contribution in [-0.4, -0.2) is 38.1 Å². The molecule has 0 aliphatic heterocycles. The van der Waals surface area contributed by atoms with Gasteiger partial charge in [-0.1, -0.05) is 36.8 Å². The lowest BCUT2D eigenvalue weighted by molar-refractivity contribution is -0.396. The molecule has 0 aromatic carbocycles.